The maximum atomic E-state index is 12.1. The summed E-state index contributed by atoms with van der Waals surface area (Å²) in [5.41, 5.74) is 0.884. The molecule has 2 heterocycles. The summed E-state index contributed by atoms with van der Waals surface area (Å²) in [7, 11) is -3.19. The Morgan fingerprint density at radius 3 is 2.35 bits per heavy atom. The Labute approximate surface area is 140 Å². The zero-order chi connectivity index (χ0) is 16.3. The summed E-state index contributed by atoms with van der Waals surface area (Å²) in [4.78, 5) is 5.40. The summed E-state index contributed by atoms with van der Waals surface area (Å²) < 4.78 is 24.2. The van der Waals surface area contributed by atoms with Crippen LogP contribution in [0, 0.1) is 0 Å². The van der Waals surface area contributed by atoms with Gasteiger partial charge in [0.2, 0.25) is 0 Å². The first kappa shape index (κ1) is 16.8. The fraction of sp³-hybridized carbons (Fsp3) is 0.667. The number of piperidine rings is 1. The molecule has 0 amide bonds. The maximum Gasteiger partial charge on any atom is 0.177 e. The van der Waals surface area contributed by atoms with E-state index in [0.29, 0.717) is 10.9 Å². The zero-order valence-electron chi connectivity index (χ0n) is 14.1. The predicted octanol–water partition coefficient (Wildman–Crippen LogP) is 2.93. The molecule has 5 heteroatoms. The minimum absolute atomic E-state index is 0.469. The van der Waals surface area contributed by atoms with Crippen LogP contribution in [0.5, 0.6) is 0 Å². The average Bonchev–Trinajstić information content (AvgIpc) is 2.83. The van der Waals surface area contributed by atoms with Crippen LogP contribution in [0.2, 0.25) is 0 Å². The fourth-order valence-corrected chi connectivity index (χ4v) is 4.87. The lowest BCUT2D eigenvalue weighted by Gasteiger charge is -2.40. The second kappa shape index (κ2) is 7.22. The van der Waals surface area contributed by atoms with E-state index in [-0.39, 0.29) is 0 Å². The molecule has 0 radical (unpaired) electrons. The highest BCUT2D eigenvalue weighted by Gasteiger charge is 2.28. The van der Waals surface area contributed by atoms with Crippen molar-refractivity contribution in [3.63, 3.8) is 0 Å². The Hall–Kier alpha value is -1.07. The van der Waals surface area contributed by atoms with Gasteiger partial charge in [0.1, 0.15) is 0 Å². The van der Waals surface area contributed by atoms with E-state index < -0.39 is 9.84 Å². The summed E-state index contributed by atoms with van der Waals surface area (Å²) >= 11 is 0. The largest absolute Gasteiger partial charge is 0.369 e. The van der Waals surface area contributed by atoms with E-state index >= 15 is 0 Å². The first-order valence-electron chi connectivity index (χ1n) is 8.84. The molecule has 0 aromatic heterocycles. The minimum atomic E-state index is -3.19. The molecule has 0 bridgehead atoms. The molecule has 2 fully saturated rings. The number of likely N-dealkylation sites (tertiary alicyclic amines) is 1. The molecule has 0 spiro atoms. The number of hydrogen-bond donors (Lipinski definition) is 0. The number of rotatable bonds is 3. The van der Waals surface area contributed by atoms with Crippen LogP contribution in [0.4, 0.5) is 5.69 Å². The van der Waals surface area contributed by atoms with Crippen molar-refractivity contribution in [2.75, 3.05) is 37.3 Å². The number of sulfone groups is 1. The Bertz CT molecular complexity index is 622. The molecule has 2 aliphatic rings. The quantitative estimate of drug-likeness (QED) is 0.851. The van der Waals surface area contributed by atoms with Gasteiger partial charge in [-0.15, -0.1) is 0 Å². The van der Waals surface area contributed by atoms with Crippen LogP contribution in [0.15, 0.2) is 29.2 Å². The molecule has 1 aromatic carbocycles. The Kier molecular flexibility index (Phi) is 5.27. The highest BCUT2D eigenvalue weighted by Crippen LogP contribution is 2.29. The molecule has 0 N–H and O–H groups in total. The van der Waals surface area contributed by atoms with E-state index in [4.69, 9.17) is 0 Å². The van der Waals surface area contributed by atoms with Gasteiger partial charge in [0.25, 0.3) is 0 Å². The van der Waals surface area contributed by atoms with Crippen molar-refractivity contribution in [2.24, 2.45) is 0 Å². The molecule has 1 unspecified atom stereocenters. The summed E-state index contributed by atoms with van der Waals surface area (Å²) in [5.74, 6) is 0. The highest BCUT2D eigenvalue weighted by molar-refractivity contribution is 7.90. The van der Waals surface area contributed by atoms with Crippen molar-refractivity contribution in [2.45, 2.75) is 49.5 Å². The summed E-state index contributed by atoms with van der Waals surface area (Å²) in [6.45, 7) is 4.31. The van der Waals surface area contributed by atoms with Crippen molar-refractivity contribution >= 4 is 15.5 Å². The second-order valence-electron chi connectivity index (χ2n) is 6.93. The van der Waals surface area contributed by atoms with Gasteiger partial charge < -0.3 is 4.90 Å². The maximum absolute atomic E-state index is 12.1. The molecule has 0 aliphatic carbocycles. The first-order chi connectivity index (χ1) is 11.1. The van der Waals surface area contributed by atoms with Gasteiger partial charge in [-0.1, -0.05) is 25.0 Å². The minimum Gasteiger partial charge on any atom is -0.369 e. The molecule has 0 saturated carbocycles. The van der Waals surface area contributed by atoms with E-state index in [1.54, 1.807) is 6.07 Å². The molecule has 2 aliphatic heterocycles. The van der Waals surface area contributed by atoms with Crippen LogP contribution in [0.1, 0.15) is 38.5 Å². The standard InChI is InChI=1S/C18H28N2O2S/c1-23(21,22)18-11-5-4-10-17(18)20-14-8-9-16(15-20)19-12-6-2-3-7-13-19/h4-5,10-11,16H,2-3,6-9,12-15H2,1H3. The summed E-state index contributed by atoms with van der Waals surface area (Å²) in [6.07, 6.45) is 8.99. The van der Waals surface area contributed by atoms with Crippen molar-refractivity contribution in [1.82, 2.24) is 4.90 Å². The Morgan fingerprint density at radius 1 is 0.957 bits per heavy atom. The van der Waals surface area contributed by atoms with Crippen molar-refractivity contribution in [3.05, 3.63) is 24.3 Å². The van der Waals surface area contributed by atoms with E-state index in [1.165, 1.54) is 51.4 Å². The molecule has 1 aromatic rings. The van der Waals surface area contributed by atoms with Crippen molar-refractivity contribution in [1.29, 1.82) is 0 Å². The van der Waals surface area contributed by atoms with E-state index in [2.05, 4.69) is 9.80 Å². The van der Waals surface area contributed by atoms with Gasteiger partial charge in [0.05, 0.1) is 10.6 Å². The Balaban J connectivity index is 1.79. The predicted molar refractivity (Wildman–Crippen MR) is 94.8 cm³/mol. The molecular weight excluding hydrogens is 308 g/mol. The second-order valence-corrected chi connectivity index (χ2v) is 8.92. The number of benzene rings is 1. The van der Waals surface area contributed by atoms with Crippen LogP contribution >= 0.6 is 0 Å². The van der Waals surface area contributed by atoms with Gasteiger partial charge in [-0.3, -0.25) is 4.90 Å². The Morgan fingerprint density at radius 2 is 1.65 bits per heavy atom. The van der Waals surface area contributed by atoms with Crippen LogP contribution in [-0.4, -0.2) is 51.8 Å². The van der Waals surface area contributed by atoms with Crippen LogP contribution < -0.4 is 4.90 Å². The highest BCUT2D eigenvalue weighted by atomic mass is 32.2. The smallest absolute Gasteiger partial charge is 0.177 e. The fourth-order valence-electron chi connectivity index (χ4n) is 3.96. The molecule has 4 nitrogen and oxygen atoms in total. The normalized spacial score (nSPS) is 24.4. The number of nitrogens with zero attached hydrogens (tertiary/aromatic N) is 2. The van der Waals surface area contributed by atoms with Gasteiger partial charge in [0.15, 0.2) is 9.84 Å². The lowest BCUT2D eigenvalue weighted by molar-refractivity contribution is 0.182. The molecule has 1 atom stereocenters. The summed E-state index contributed by atoms with van der Waals surface area (Å²) in [5, 5.41) is 0. The van der Waals surface area contributed by atoms with Crippen molar-refractivity contribution in [3.8, 4) is 0 Å². The van der Waals surface area contributed by atoms with Gasteiger partial charge in [-0.25, -0.2) is 8.42 Å². The lowest BCUT2D eigenvalue weighted by Crippen LogP contribution is -2.48. The SMILES string of the molecule is CS(=O)(=O)c1ccccc1N1CCCC(N2CCCCCC2)C1. The molecule has 128 valence electrons. The first-order valence-corrected chi connectivity index (χ1v) is 10.7. The van der Waals surface area contributed by atoms with Crippen LogP contribution in [-0.2, 0) is 9.84 Å². The molecule has 3 rings (SSSR count). The number of hydrogen-bond acceptors (Lipinski definition) is 4. The van der Waals surface area contributed by atoms with E-state index in [0.717, 1.165) is 25.2 Å². The third-order valence-electron chi connectivity index (χ3n) is 5.16. The van der Waals surface area contributed by atoms with Crippen molar-refractivity contribution < 1.29 is 8.42 Å². The lowest BCUT2D eigenvalue weighted by atomic mass is 10.0. The third-order valence-corrected chi connectivity index (χ3v) is 6.30. The summed E-state index contributed by atoms with van der Waals surface area (Å²) in [6, 6.07) is 8.02. The van der Waals surface area contributed by atoms with E-state index in [9.17, 15) is 8.42 Å². The van der Waals surface area contributed by atoms with E-state index in [1.807, 2.05) is 18.2 Å². The van der Waals surface area contributed by atoms with Crippen LogP contribution in [0.3, 0.4) is 0 Å². The van der Waals surface area contributed by atoms with Crippen LogP contribution in [0.25, 0.3) is 0 Å². The molecular formula is C18H28N2O2S. The van der Waals surface area contributed by atoms with Gasteiger partial charge >= 0.3 is 0 Å². The topological polar surface area (TPSA) is 40.6 Å². The average molecular weight is 337 g/mol. The van der Waals surface area contributed by atoms with Gasteiger partial charge in [0, 0.05) is 25.4 Å². The van der Waals surface area contributed by atoms with Gasteiger partial charge in [-0.2, -0.15) is 0 Å². The number of para-hydroxylation sites is 1. The molecule has 23 heavy (non-hydrogen) atoms. The van der Waals surface area contributed by atoms with Gasteiger partial charge in [-0.05, 0) is 50.9 Å². The third kappa shape index (κ3) is 4.07. The monoisotopic (exact) mass is 336 g/mol. The molecule has 2 saturated heterocycles. The zero-order valence-corrected chi connectivity index (χ0v) is 14.9. The number of anilines is 1.